The fourth-order valence-corrected chi connectivity index (χ4v) is 3.67. The van der Waals surface area contributed by atoms with E-state index in [0.717, 1.165) is 17.0 Å². The van der Waals surface area contributed by atoms with Gasteiger partial charge in [-0.05, 0) is 26.0 Å². The number of non-ortho nitro benzene ring substituents is 1. The van der Waals surface area contributed by atoms with Crippen LogP contribution in [0.2, 0.25) is 0 Å². The largest absolute Gasteiger partial charge is 0.306 e. The van der Waals surface area contributed by atoms with Crippen molar-refractivity contribution in [1.82, 2.24) is 14.8 Å². The number of carbonyl (C=O) groups excluding carboxylic acids is 1. The molecule has 30 heavy (non-hydrogen) atoms. The van der Waals surface area contributed by atoms with E-state index in [1.807, 2.05) is 43.5 Å². The molecule has 0 saturated heterocycles. The Labute approximate surface area is 176 Å². The van der Waals surface area contributed by atoms with Gasteiger partial charge in [0.2, 0.25) is 5.13 Å². The van der Waals surface area contributed by atoms with E-state index in [4.69, 9.17) is 0 Å². The van der Waals surface area contributed by atoms with Crippen molar-refractivity contribution in [3.05, 3.63) is 86.9 Å². The van der Waals surface area contributed by atoms with Crippen LogP contribution in [-0.2, 0) is 0 Å². The van der Waals surface area contributed by atoms with E-state index in [0.29, 0.717) is 16.5 Å². The Kier molecular flexibility index (Phi) is 5.11. The first-order valence-corrected chi connectivity index (χ1v) is 9.94. The monoisotopic (exact) mass is 419 g/mol. The molecule has 0 unspecified atom stereocenters. The lowest BCUT2D eigenvalue weighted by Gasteiger charge is -2.06. The smallest absolute Gasteiger partial charge is 0.269 e. The van der Waals surface area contributed by atoms with Gasteiger partial charge in [-0.3, -0.25) is 14.9 Å². The van der Waals surface area contributed by atoms with Gasteiger partial charge in [-0.1, -0.05) is 29.8 Å². The molecule has 4 aromatic rings. The molecule has 9 heteroatoms. The van der Waals surface area contributed by atoms with Crippen LogP contribution in [0.1, 0.15) is 21.6 Å². The number of hydrogen-bond donors (Lipinski definition) is 1. The molecule has 0 atom stereocenters. The first-order valence-electron chi connectivity index (χ1n) is 9.06. The van der Waals surface area contributed by atoms with E-state index in [1.54, 1.807) is 10.7 Å². The van der Waals surface area contributed by atoms with Crippen LogP contribution >= 0.6 is 11.3 Å². The third-order valence-corrected chi connectivity index (χ3v) is 5.25. The minimum absolute atomic E-state index is 0.0705. The van der Waals surface area contributed by atoms with E-state index in [9.17, 15) is 14.9 Å². The highest BCUT2D eigenvalue weighted by Crippen LogP contribution is 2.27. The molecule has 0 saturated carbocycles. The number of nitro groups is 1. The topological polar surface area (TPSA) is 103 Å². The maximum absolute atomic E-state index is 12.6. The van der Waals surface area contributed by atoms with Crippen molar-refractivity contribution >= 4 is 28.7 Å². The maximum Gasteiger partial charge on any atom is 0.269 e. The van der Waals surface area contributed by atoms with Crippen molar-refractivity contribution in [3.8, 4) is 16.4 Å². The molecule has 2 aromatic heterocycles. The lowest BCUT2D eigenvalue weighted by atomic mass is 10.1. The molecule has 150 valence electrons. The van der Waals surface area contributed by atoms with Gasteiger partial charge >= 0.3 is 0 Å². The first kappa shape index (κ1) is 19.5. The van der Waals surface area contributed by atoms with E-state index in [-0.39, 0.29) is 11.6 Å². The number of benzene rings is 2. The summed E-state index contributed by atoms with van der Waals surface area (Å²) in [6, 6.07) is 15.3. The third-order valence-electron chi connectivity index (χ3n) is 4.43. The van der Waals surface area contributed by atoms with Gasteiger partial charge in [0, 0.05) is 34.7 Å². The SMILES string of the molecule is Cc1ccc(-c2csc(-n3nc(C)cc3NC(=O)c3ccc([N+](=O)[O-])cc3)n2)cc1. The normalized spacial score (nSPS) is 10.7. The number of amides is 1. The Balaban J connectivity index is 1.59. The summed E-state index contributed by atoms with van der Waals surface area (Å²) in [4.78, 5) is 27.5. The highest BCUT2D eigenvalue weighted by molar-refractivity contribution is 7.12. The predicted molar refractivity (Wildman–Crippen MR) is 115 cm³/mol. The fourth-order valence-electron chi connectivity index (χ4n) is 2.88. The number of nitro benzene ring substituents is 1. The Bertz CT molecular complexity index is 1230. The summed E-state index contributed by atoms with van der Waals surface area (Å²) in [7, 11) is 0. The summed E-state index contributed by atoms with van der Waals surface area (Å²) in [6.07, 6.45) is 0. The average Bonchev–Trinajstić information content (AvgIpc) is 3.35. The molecule has 0 aliphatic heterocycles. The van der Waals surface area contributed by atoms with Crippen LogP contribution in [0, 0.1) is 24.0 Å². The second-order valence-corrected chi connectivity index (χ2v) is 7.56. The predicted octanol–water partition coefficient (Wildman–Crippen LogP) is 4.77. The zero-order valence-electron chi connectivity index (χ0n) is 16.2. The summed E-state index contributed by atoms with van der Waals surface area (Å²) < 4.78 is 1.58. The molecular weight excluding hydrogens is 402 g/mol. The van der Waals surface area contributed by atoms with Gasteiger partial charge < -0.3 is 5.32 Å². The van der Waals surface area contributed by atoms with Crippen molar-refractivity contribution < 1.29 is 9.72 Å². The van der Waals surface area contributed by atoms with Crippen LogP contribution in [0.3, 0.4) is 0 Å². The molecule has 8 nitrogen and oxygen atoms in total. The molecule has 0 aliphatic rings. The lowest BCUT2D eigenvalue weighted by molar-refractivity contribution is -0.384. The highest BCUT2D eigenvalue weighted by atomic mass is 32.1. The van der Waals surface area contributed by atoms with E-state index >= 15 is 0 Å². The summed E-state index contributed by atoms with van der Waals surface area (Å²) in [6.45, 7) is 3.86. The molecule has 0 radical (unpaired) electrons. The number of rotatable bonds is 5. The molecule has 0 aliphatic carbocycles. The van der Waals surface area contributed by atoms with E-state index < -0.39 is 4.92 Å². The summed E-state index contributed by atoms with van der Waals surface area (Å²) >= 11 is 1.42. The Hall–Kier alpha value is -3.85. The van der Waals surface area contributed by atoms with Gasteiger partial charge in [0.05, 0.1) is 16.3 Å². The first-order chi connectivity index (χ1) is 14.4. The van der Waals surface area contributed by atoms with Crippen LogP contribution in [0.5, 0.6) is 0 Å². The summed E-state index contributed by atoms with van der Waals surface area (Å²) in [5, 5.41) is 20.6. The van der Waals surface area contributed by atoms with Gasteiger partial charge in [-0.25, -0.2) is 4.98 Å². The number of thiazole rings is 1. The van der Waals surface area contributed by atoms with Crippen LogP contribution in [0.25, 0.3) is 16.4 Å². The van der Waals surface area contributed by atoms with E-state index in [2.05, 4.69) is 15.4 Å². The quantitative estimate of drug-likeness (QED) is 0.371. The van der Waals surface area contributed by atoms with Gasteiger partial charge in [-0.2, -0.15) is 9.78 Å². The third kappa shape index (κ3) is 3.96. The Morgan fingerprint density at radius 3 is 2.47 bits per heavy atom. The Morgan fingerprint density at radius 2 is 1.80 bits per heavy atom. The van der Waals surface area contributed by atoms with Crippen molar-refractivity contribution in [2.45, 2.75) is 13.8 Å². The second-order valence-electron chi connectivity index (χ2n) is 6.72. The number of aryl methyl sites for hydroxylation is 2. The van der Waals surface area contributed by atoms with Gasteiger partial charge in [0.1, 0.15) is 5.82 Å². The molecular formula is C21H17N5O3S. The molecule has 2 heterocycles. The zero-order chi connectivity index (χ0) is 21.3. The summed E-state index contributed by atoms with van der Waals surface area (Å²) in [5.74, 6) is 0.0852. The second kappa shape index (κ2) is 7.88. The standard InChI is InChI=1S/C21H17N5O3S/c1-13-3-5-15(6-4-13)18-12-30-21(22-18)25-19(11-14(2)24-25)23-20(27)16-7-9-17(10-8-16)26(28)29/h3-12H,1-2H3,(H,23,27). The van der Waals surface area contributed by atoms with Crippen molar-refractivity contribution in [3.63, 3.8) is 0 Å². The lowest BCUT2D eigenvalue weighted by Crippen LogP contribution is -2.15. The molecule has 0 bridgehead atoms. The molecule has 1 N–H and O–H groups in total. The molecule has 0 spiro atoms. The minimum atomic E-state index is -0.506. The van der Waals surface area contributed by atoms with Crippen LogP contribution < -0.4 is 5.32 Å². The minimum Gasteiger partial charge on any atom is -0.306 e. The molecule has 4 rings (SSSR count). The number of carbonyl (C=O) groups is 1. The summed E-state index contributed by atoms with van der Waals surface area (Å²) in [5.41, 5.74) is 3.97. The number of aromatic nitrogens is 3. The van der Waals surface area contributed by atoms with Crippen LogP contribution in [0.4, 0.5) is 11.5 Å². The zero-order valence-corrected chi connectivity index (χ0v) is 17.0. The van der Waals surface area contributed by atoms with Crippen LogP contribution in [-0.4, -0.2) is 25.6 Å². The molecule has 1 amide bonds. The molecule has 2 aromatic carbocycles. The number of nitrogens with one attached hydrogen (secondary N) is 1. The average molecular weight is 419 g/mol. The number of hydrogen-bond acceptors (Lipinski definition) is 6. The van der Waals surface area contributed by atoms with Gasteiger partial charge in [0.15, 0.2) is 0 Å². The van der Waals surface area contributed by atoms with Gasteiger partial charge in [-0.15, -0.1) is 11.3 Å². The van der Waals surface area contributed by atoms with Crippen LogP contribution in [0.15, 0.2) is 60.0 Å². The van der Waals surface area contributed by atoms with Crippen molar-refractivity contribution in [2.24, 2.45) is 0 Å². The Morgan fingerprint density at radius 1 is 1.10 bits per heavy atom. The maximum atomic E-state index is 12.6. The fraction of sp³-hybridized carbons (Fsp3) is 0.0952. The van der Waals surface area contributed by atoms with E-state index in [1.165, 1.54) is 41.2 Å². The number of anilines is 1. The molecule has 0 fully saturated rings. The highest BCUT2D eigenvalue weighted by Gasteiger charge is 2.16. The van der Waals surface area contributed by atoms with Crippen molar-refractivity contribution in [2.75, 3.05) is 5.32 Å². The van der Waals surface area contributed by atoms with Gasteiger partial charge in [0.25, 0.3) is 11.6 Å². The number of nitrogens with zero attached hydrogens (tertiary/aromatic N) is 4. The van der Waals surface area contributed by atoms with Crippen molar-refractivity contribution in [1.29, 1.82) is 0 Å².